The summed E-state index contributed by atoms with van der Waals surface area (Å²) in [6.45, 7) is 0.720. The third kappa shape index (κ3) is 3.93. The van der Waals surface area contributed by atoms with Crippen LogP contribution in [0.4, 0.5) is 0 Å². The quantitative estimate of drug-likeness (QED) is 0.254. The molecule has 0 spiro atoms. The van der Waals surface area contributed by atoms with E-state index in [2.05, 4.69) is 79.1 Å². The summed E-state index contributed by atoms with van der Waals surface area (Å²) >= 11 is 0. The average molecular weight is 556 g/mol. The predicted octanol–water partition coefficient (Wildman–Crippen LogP) is 5.65. The van der Waals surface area contributed by atoms with E-state index in [4.69, 9.17) is 10.5 Å². The van der Waals surface area contributed by atoms with Crippen molar-refractivity contribution in [1.82, 2.24) is 29.4 Å². The first kappa shape index (κ1) is 24.6. The van der Waals surface area contributed by atoms with Crippen LogP contribution in [0.25, 0.3) is 44.7 Å². The van der Waals surface area contributed by atoms with Crippen molar-refractivity contribution in [3.8, 4) is 39.5 Å². The number of fused-ring (bicyclic) bond motifs is 5. The molecule has 3 aromatic heterocycles. The molecule has 2 atom stereocenters. The fourth-order valence-electron chi connectivity index (χ4n) is 6.40. The molecule has 1 amide bonds. The van der Waals surface area contributed by atoms with Crippen molar-refractivity contribution in [3.05, 3.63) is 103 Å². The molecule has 5 heterocycles. The summed E-state index contributed by atoms with van der Waals surface area (Å²) in [7, 11) is 0. The molecule has 9 nitrogen and oxygen atoms in total. The number of nitrogens with two attached hydrogens (primary N) is 1. The van der Waals surface area contributed by atoms with Crippen LogP contribution in [0.2, 0.25) is 0 Å². The lowest BCUT2D eigenvalue weighted by molar-refractivity contribution is -0.130. The third-order valence-electron chi connectivity index (χ3n) is 8.43. The van der Waals surface area contributed by atoms with Gasteiger partial charge < -0.3 is 29.9 Å². The normalized spacial score (nSPS) is 17.7. The first-order chi connectivity index (χ1) is 20.7. The molecule has 208 valence electrons. The van der Waals surface area contributed by atoms with Gasteiger partial charge in [-0.05, 0) is 43.2 Å². The van der Waals surface area contributed by atoms with Gasteiger partial charge in [0.2, 0.25) is 12.1 Å². The van der Waals surface area contributed by atoms with E-state index < -0.39 is 0 Å². The zero-order valence-electron chi connectivity index (χ0n) is 22.8. The van der Waals surface area contributed by atoms with Crippen LogP contribution in [-0.4, -0.2) is 48.4 Å². The van der Waals surface area contributed by atoms with E-state index in [1.807, 2.05) is 35.5 Å². The van der Waals surface area contributed by atoms with E-state index in [1.54, 1.807) is 6.33 Å². The first-order valence-electron chi connectivity index (χ1n) is 14.2. The number of hydrogen-bond donors (Lipinski definition) is 3. The molecule has 2 unspecified atom stereocenters. The van der Waals surface area contributed by atoms with Crippen LogP contribution in [-0.2, 0) is 4.79 Å². The maximum atomic E-state index is 12.4. The van der Waals surface area contributed by atoms with Crippen molar-refractivity contribution in [3.63, 3.8) is 0 Å². The zero-order valence-corrected chi connectivity index (χ0v) is 22.8. The number of aromatic amines is 2. The Bertz CT molecular complexity index is 1920. The van der Waals surface area contributed by atoms with Crippen LogP contribution in [0.3, 0.4) is 0 Å². The van der Waals surface area contributed by atoms with Crippen LogP contribution in [0.1, 0.15) is 36.5 Å². The number of ether oxygens (including phenoxy) is 1. The largest absolute Gasteiger partial charge is 0.465 e. The fraction of sp³-hybridized carbons (Fsp3) is 0.182. The molecule has 4 N–H and O–H groups in total. The summed E-state index contributed by atoms with van der Waals surface area (Å²) < 4.78 is 9.07. The highest BCUT2D eigenvalue weighted by atomic mass is 16.5. The van der Waals surface area contributed by atoms with E-state index >= 15 is 0 Å². The molecule has 0 saturated carbocycles. The summed E-state index contributed by atoms with van der Waals surface area (Å²) in [5, 5.41) is 1.13. The average Bonchev–Trinajstić information content (AvgIpc) is 3.85. The second kappa shape index (κ2) is 9.74. The van der Waals surface area contributed by atoms with Crippen molar-refractivity contribution in [2.75, 3.05) is 13.1 Å². The van der Waals surface area contributed by atoms with Gasteiger partial charge in [-0.25, -0.2) is 9.97 Å². The van der Waals surface area contributed by atoms with Crippen LogP contribution in [0, 0.1) is 0 Å². The Labute approximate surface area is 242 Å². The fourth-order valence-corrected chi connectivity index (χ4v) is 6.40. The highest BCUT2D eigenvalue weighted by Crippen LogP contribution is 2.46. The van der Waals surface area contributed by atoms with Gasteiger partial charge in [0.15, 0.2) is 0 Å². The van der Waals surface area contributed by atoms with Gasteiger partial charge in [0.05, 0.1) is 53.9 Å². The van der Waals surface area contributed by atoms with Crippen molar-refractivity contribution < 1.29 is 9.53 Å². The van der Waals surface area contributed by atoms with Crippen molar-refractivity contribution >= 4 is 16.8 Å². The molecule has 6 aromatic rings. The van der Waals surface area contributed by atoms with E-state index in [9.17, 15) is 4.79 Å². The van der Waals surface area contributed by atoms with Crippen LogP contribution in [0.15, 0.2) is 91.5 Å². The van der Waals surface area contributed by atoms with Crippen LogP contribution < -0.4 is 10.5 Å². The van der Waals surface area contributed by atoms with Gasteiger partial charge in [0.1, 0.15) is 11.6 Å². The number of imidazole rings is 2. The maximum absolute atomic E-state index is 12.4. The number of rotatable bonds is 5. The number of benzene rings is 3. The topological polar surface area (TPSA) is 118 Å². The number of amides is 1. The summed E-state index contributed by atoms with van der Waals surface area (Å²) in [5.41, 5.74) is 13.9. The molecule has 42 heavy (non-hydrogen) atoms. The summed E-state index contributed by atoms with van der Waals surface area (Å²) in [4.78, 5) is 29.7. The number of nitrogens with zero attached hydrogens (tertiary/aromatic N) is 4. The summed E-state index contributed by atoms with van der Waals surface area (Å²) in [5.74, 6) is 1.55. The molecule has 1 saturated heterocycles. The van der Waals surface area contributed by atoms with E-state index in [-0.39, 0.29) is 24.7 Å². The molecule has 3 aromatic carbocycles. The number of hydrogen-bond acceptors (Lipinski definition) is 5. The number of carbonyl (C=O) groups is 1. The van der Waals surface area contributed by atoms with Gasteiger partial charge in [-0.15, -0.1) is 0 Å². The second-order valence-electron chi connectivity index (χ2n) is 10.9. The summed E-state index contributed by atoms with van der Waals surface area (Å²) in [6.07, 6.45) is 6.86. The van der Waals surface area contributed by atoms with Gasteiger partial charge in [0.25, 0.3) is 0 Å². The molecule has 0 bridgehead atoms. The molecule has 0 radical (unpaired) electrons. The monoisotopic (exact) mass is 555 g/mol. The molecule has 9 heteroatoms. The van der Waals surface area contributed by atoms with Crippen molar-refractivity contribution in [2.45, 2.75) is 25.1 Å². The predicted molar refractivity (Wildman–Crippen MR) is 160 cm³/mol. The highest BCUT2D eigenvalue weighted by Gasteiger charge is 2.32. The Morgan fingerprint density at radius 2 is 1.86 bits per heavy atom. The standard InChI is InChI=1S/C33H29N7O2/c34-16-31(41)39-12-4-7-28(39)32-36-18-26(38-32)22-8-10-24-29-14-23-13-21(25-17-35-19-37-25)9-11-27(23)40(29)33(42-30(24)15-22)20-5-2-1-3-6-20/h1-3,5-6,8-11,13-15,17-19,28,33H,4,7,12,16,34H2,(H,35,37)(H,36,38). The molecule has 8 rings (SSSR count). The van der Waals surface area contributed by atoms with Gasteiger partial charge in [0, 0.05) is 34.2 Å². The van der Waals surface area contributed by atoms with Crippen LogP contribution in [0.5, 0.6) is 5.75 Å². The molecular formula is C33H29N7O2. The van der Waals surface area contributed by atoms with Crippen molar-refractivity contribution in [1.29, 1.82) is 0 Å². The number of H-pyrrole nitrogens is 2. The Hall–Kier alpha value is -5.15. The number of nitrogens with one attached hydrogen (secondary N) is 2. The molecular weight excluding hydrogens is 526 g/mol. The third-order valence-corrected chi connectivity index (χ3v) is 8.43. The SMILES string of the molecule is NCC(=O)N1CCCC1c1ncc(-c2ccc3c(c2)OC(c2ccccc2)n2c-3cc3cc(-c4cnc[nH]4)ccc32)[nH]1. The molecule has 0 aliphatic carbocycles. The first-order valence-corrected chi connectivity index (χ1v) is 14.2. The Morgan fingerprint density at radius 1 is 1.00 bits per heavy atom. The minimum Gasteiger partial charge on any atom is -0.465 e. The number of aromatic nitrogens is 5. The van der Waals surface area contributed by atoms with Gasteiger partial charge in [-0.1, -0.05) is 42.5 Å². The Balaban J connectivity index is 1.21. The van der Waals surface area contributed by atoms with E-state index in [0.29, 0.717) is 6.54 Å². The molecule has 1 fully saturated rings. The highest BCUT2D eigenvalue weighted by molar-refractivity contribution is 5.92. The number of carbonyl (C=O) groups excluding carboxylic acids is 1. The van der Waals surface area contributed by atoms with E-state index in [0.717, 1.165) is 74.7 Å². The lowest BCUT2D eigenvalue weighted by atomic mass is 10.0. The van der Waals surface area contributed by atoms with Gasteiger partial charge >= 0.3 is 0 Å². The van der Waals surface area contributed by atoms with E-state index in [1.165, 1.54) is 0 Å². The molecule has 2 aliphatic rings. The molecule has 2 aliphatic heterocycles. The Kier molecular flexibility index (Phi) is 5.71. The van der Waals surface area contributed by atoms with Gasteiger partial charge in [-0.2, -0.15) is 0 Å². The summed E-state index contributed by atoms with van der Waals surface area (Å²) in [6, 6.07) is 25.2. The lowest BCUT2D eigenvalue weighted by Crippen LogP contribution is -2.35. The minimum atomic E-state index is -0.328. The van der Waals surface area contributed by atoms with Gasteiger partial charge in [-0.3, -0.25) is 4.79 Å². The van der Waals surface area contributed by atoms with Crippen LogP contribution >= 0.6 is 0 Å². The maximum Gasteiger partial charge on any atom is 0.236 e. The zero-order chi connectivity index (χ0) is 28.2. The second-order valence-corrected chi connectivity index (χ2v) is 10.9. The Morgan fingerprint density at radius 3 is 2.69 bits per heavy atom. The van der Waals surface area contributed by atoms with Crippen molar-refractivity contribution in [2.24, 2.45) is 5.73 Å². The minimum absolute atomic E-state index is 0.00995. The smallest absolute Gasteiger partial charge is 0.236 e. The number of likely N-dealkylation sites (tertiary alicyclic amines) is 1. The lowest BCUT2D eigenvalue weighted by Gasteiger charge is -2.30.